The van der Waals surface area contributed by atoms with Gasteiger partial charge in [0.25, 0.3) is 5.56 Å². The lowest BCUT2D eigenvalue weighted by Crippen LogP contribution is -2.22. The Morgan fingerprint density at radius 2 is 1.93 bits per heavy atom. The second-order valence-corrected chi connectivity index (χ2v) is 7.36. The number of hydrogen-bond donors (Lipinski definition) is 3. The van der Waals surface area contributed by atoms with Crippen LogP contribution in [0.4, 0.5) is 11.6 Å². The fourth-order valence-electron chi connectivity index (χ4n) is 2.17. The number of hydrogen-bond acceptors (Lipinski definition) is 4. The molecule has 0 unspecified atom stereocenters. The molecule has 0 atom stereocenters. The smallest absolute Gasteiger partial charge is 0.252 e. The van der Waals surface area contributed by atoms with Crippen molar-refractivity contribution in [1.82, 2.24) is 9.97 Å². The maximum Gasteiger partial charge on any atom is 0.252 e. The van der Waals surface area contributed by atoms with E-state index in [0.29, 0.717) is 27.2 Å². The predicted octanol–water partition coefficient (Wildman–Crippen LogP) is 4.43. The lowest BCUT2D eigenvalue weighted by atomic mass is 10.3. The van der Waals surface area contributed by atoms with E-state index < -0.39 is 0 Å². The highest BCUT2D eigenvalue weighted by Gasteiger charge is 2.04. The third-order valence-electron chi connectivity index (χ3n) is 3.31. The van der Waals surface area contributed by atoms with Gasteiger partial charge in [-0.15, -0.1) is 11.8 Å². The van der Waals surface area contributed by atoms with Crippen LogP contribution in [0, 0.1) is 0 Å². The quantitative estimate of drug-likeness (QED) is 0.323. The van der Waals surface area contributed by atoms with E-state index in [1.165, 1.54) is 17.8 Å². The number of H-pyrrole nitrogens is 1. The molecule has 0 fully saturated rings. The Bertz CT molecular complexity index is 1020. The zero-order chi connectivity index (χ0) is 19.2. The van der Waals surface area contributed by atoms with Crippen molar-refractivity contribution in [2.45, 2.75) is 10.6 Å². The molecule has 0 saturated heterocycles. The van der Waals surface area contributed by atoms with Crippen molar-refractivity contribution in [1.29, 1.82) is 0 Å². The van der Waals surface area contributed by atoms with Gasteiger partial charge in [-0.2, -0.15) is 4.99 Å². The number of benzene rings is 2. The number of nitrogens with zero attached hydrogens (tertiary/aromatic N) is 2. The molecule has 0 aliphatic rings. The molecule has 4 N–H and O–H groups in total. The Labute approximate surface area is 169 Å². The van der Waals surface area contributed by atoms with Crippen LogP contribution in [0.2, 0.25) is 10.0 Å². The van der Waals surface area contributed by atoms with Gasteiger partial charge in [0.2, 0.25) is 11.9 Å². The van der Waals surface area contributed by atoms with Crippen LogP contribution >= 0.6 is 35.0 Å². The minimum atomic E-state index is -0.300. The molecule has 138 valence electrons. The van der Waals surface area contributed by atoms with Crippen LogP contribution in [-0.4, -0.2) is 15.9 Å². The summed E-state index contributed by atoms with van der Waals surface area (Å²) < 4.78 is 0. The molecule has 1 heterocycles. The highest BCUT2D eigenvalue weighted by Crippen LogP contribution is 2.23. The van der Waals surface area contributed by atoms with E-state index in [1.807, 2.05) is 24.3 Å². The van der Waals surface area contributed by atoms with Crippen LogP contribution < -0.4 is 16.6 Å². The molecule has 1 aromatic heterocycles. The Balaban J connectivity index is 1.72. The van der Waals surface area contributed by atoms with Crippen LogP contribution in [0.25, 0.3) is 0 Å². The minimum Gasteiger partial charge on any atom is -0.369 e. The van der Waals surface area contributed by atoms with E-state index in [4.69, 9.17) is 28.9 Å². The fraction of sp³-hybridized carbons (Fsp3) is 0.0556. The number of anilines is 1. The average Bonchev–Trinajstić information content (AvgIpc) is 2.60. The second kappa shape index (κ2) is 8.94. The molecule has 0 bridgehead atoms. The van der Waals surface area contributed by atoms with Crippen molar-refractivity contribution in [3.05, 3.63) is 80.7 Å². The van der Waals surface area contributed by atoms with Gasteiger partial charge in [0, 0.05) is 32.4 Å². The summed E-state index contributed by atoms with van der Waals surface area (Å²) in [5.74, 6) is 0.722. The summed E-state index contributed by atoms with van der Waals surface area (Å²) in [6, 6.07) is 15.9. The lowest BCUT2D eigenvalue weighted by molar-refractivity contribution is 1.04. The number of guanidine groups is 1. The maximum absolute atomic E-state index is 11.9. The van der Waals surface area contributed by atoms with E-state index in [9.17, 15) is 4.79 Å². The minimum absolute atomic E-state index is 0.0860. The van der Waals surface area contributed by atoms with E-state index in [2.05, 4.69) is 20.3 Å². The topological polar surface area (TPSA) is 96.2 Å². The van der Waals surface area contributed by atoms with Gasteiger partial charge in [-0.3, -0.25) is 9.78 Å². The number of nitrogens with two attached hydrogens (primary N) is 1. The first-order chi connectivity index (χ1) is 13.0. The summed E-state index contributed by atoms with van der Waals surface area (Å²) in [6.07, 6.45) is 0. The first kappa shape index (κ1) is 19.3. The number of nitrogens with one attached hydrogen (secondary N) is 2. The molecular weight excluding hydrogens is 405 g/mol. The van der Waals surface area contributed by atoms with E-state index in [-0.39, 0.29) is 17.5 Å². The molecule has 0 amide bonds. The number of halogens is 2. The molecule has 0 saturated carbocycles. The van der Waals surface area contributed by atoms with Crippen molar-refractivity contribution in [2.24, 2.45) is 10.7 Å². The summed E-state index contributed by atoms with van der Waals surface area (Å²) in [6.45, 7) is 0. The van der Waals surface area contributed by atoms with Gasteiger partial charge in [0.15, 0.2) is 0 Å². The maximum atomic E-state index is 11.9. The Kier molecular flexibility index (Phi) is 6.39. The molecule has 9 heteroatoms. The molecule has 6 nitrogen and oxygen atoms in total. The zero-order valence-electron chi connectivity index (χ0n) is 13.9. The third kappa shape index (κ3) is 6.02. The summed E-state index contributed by atoms with van der Waals surface area (Å²) in [7, 11) is 0. The van der Waals surface area contributed by atoms with Crippen molar-refractivity contribution in [2.75, 3.05) is 5.32 Å². The van der Waals surface area contributed by atoms with Crippen LogP contribution in [0.15, 0.2) is 69.3 Å². The van der Waals surface area contributed by atoms with Crippen molar-refractivity contribution in [3.63, 3.8) is 0 Å². The number of aromatic nitrogens is 2. The summed E-state index contributed by atoms with van der Waals surface area (Å²) in [4.78, 5) is 23.9. The highest BCUT2D eigenvalue weighted by atomic mass is 35.5. The first-order valence-electron chi connectivity index (χ1n) is 7.83. The molecular formula is C18H15Cl2N5OS. The monoisotopic (exact) mass is 419 g/mol. The zero-order valence-corrected chi connectivity index (χ0v) is 16.3. The second-order valence-electron chi connectivity index (χ2n) is 5.44. The SMILES string of the molecule is N/C(=N\c1nc(CSc2ccc(Cl)cc2)cc(=O)[nH]1)Nc1cccc(Cl)c1. The van der Waals surface area contributed by atoms with E-state index in [1.54, 1.807) is 24.3 Å². The molecule has 0 aliphatic carbocycles. The average molecular weight is 420 g/mol. The molecule has 0 spiro atoms. The molecule has 3 aromatic rings. The largest absolute Gasteiger partial charge is 0.369 e. The van der Waals surface area contributed by atoms with Gasteiger partial charge < -0.3 is 11.1 Å². The Hall–Kier alpha value is -2.48. The van der Waals surface area contributed by atoms with Gasteiger partial charge in [0.1, 0.15) is 0 Å². The van der Waals surface area contributed by atoms with Crippen LogP contribution in [0.3, 0.4) is 0 Å². The highest BCUT2D eigenvalue weighted by molar-refractivity contribution is 7.98. The Morgan fingerprint density at radius 1 is 1.15 bits per heavy atom. The molecule has 27 heavy (non-hydrogen) atoms. The molecule has 0 radical (unpaired) electrons. The fourth-order valence-corrected chi connectivity index (χ4v) is 3.27. The summed E-state index contributed by atoms with van der Waals surface area (Å²) in [5.41, 5.74) is 6.86. The lowest BCUT2D eigenvalue weighted by Gasteiger charge is -2.06. The van der Waals surface area contributed by atoms with Crippen molar-refractivity contribution < 1.29 is 0 Å². The van der Waals surface area contributed by atoms with Gasteiger partial charge in [-0.1, -0.05) is 29.3 Å². The number of rotatable bonds is 5. The van der Waals surface area contributed by atoms with Crippen LogP contribution in [0.5, 0.6) is 0 Å². The van der Waals surface area contributed by atoms with Crippen molar-refractivity contribution >= 4 is 52.6 Å². The van der Waals surface area contributed by atoms with Crippen molar-refractivity contribution in [3.8, 4) is 0 Å². The van der Waals surface area contributed by atoms with Gasteiger partial charge in [-0.05, 0) is 42.5 Å². The normalized spacial score (nSPS) is 11.4. The summed E-state index contributed by atoms with van der Waals surface area (Å²) >= 11 is 13.4. The molecule has 2 aromatic carbocycles. The standard InChI is InChI=1S/C18H15Cl2N5OS/c19-11-4-6-15(7-5-11)27-10-14-9-16(26)24-18(23-14)25-17(21)22-13-3-1-2-12(20)8-13/h1-9H,10H2,(H4,21,22,23,24,25,26). The third-order valence-corrected chi connectivity index (χ3v) is 4.84. The number of aromatic amines is 1. The van der Waals surface area contributed by atoms with Gasteiger partial charge in [0.05, 0.1) is 5.69 Å². The number of aliphatic imine (C=N–C) groups is 1. The van der Waals surface area contributed by atoms with Gasteiger partial charge in [-0.25, -0.2) is 4.98 Å². The summed E-state index contributed by atoms with van der Waals surface area (Å²) in [5, 5.41) is 4.14. The van der Waals surface area contributed by atoms with Crippen LogP contribution in [-0.2, 0) is 5.75 Å². The first-order valence-corrected chi connectivity index (χ1v) is 9.57. The number of thioether (sulfide) groups is 1. The molecule has 3 rings (SSSR count). The predicted molar refractivity (Wildman–Crippen MR) is 112 cm³/mol. The molecule has 0 aliphatic heterocycles. The van der Waals surface area contributed by atoms with E-state index >= 15 is 0 Å². The van der Waals surface area contributed by atoms with Gasteiger partial charge >= 0.3 is 0 Å². The van der Waals surface area contributed by atoms with E-state index in [0.717, 1.165) is 4.90 Å². The van der Waals surface area contributed by atoms with Crippen LogP contribution in [0.1, 0.15) is 5.69 Å². The Morgan fingerprint density at radius 3 is 2.67 bits per heavy atom.